The topological polar surface area (TPSA) is 92.6 Å². The van der Waals surface area contributed by atoms with E-state index in [1.54, 1.807) is 0 Å². The number of hydrogen-bond donors (Lipinski definition) is 3. The Kier molecular flexibility index (Phi) is 9.98. The van der Waals surface area contributed by atoms with Crippen LogP contribution < -0.4 is 16.0 Å². The highest BCUT2D eigenvalue weighted by Crippen LogP contribution is 2.17. The zero-order valence-corrected chi connectivity index (χ0v) is 19.3. The van der Waals surface area contributed by atoms with Gasteiger partial charge < -0.3 is 20.7 Å². The first-order valence-electron chi connectivity index (χ1n) is 10.6. The van der Waals surface area contributed by atoms with E-state index in [1.807, 2.05) is 51.8 Å². The molecule has 8 nitrogen and oxygen atoms in total. The highest BCUT2D eigenvalue weighted by atomic mass is 16.6. The minimum absolute atomic E-state index is 0.397. The van der Waals surface area contributed by atoms with Crippen molar-refractivity contribution in [3.63, 3.8) is 0 Å². The van der Waals surface area contributed by atoms with Gasteiger partial charge in [0.25, 0.3) is 0 Å². The summed E-state index contributed by atoms with van der Waals surface area (Å²) in [7, 11) is 1.93. The summed E-state index contributed by atoms with van der Waals surface area (Å²) in [5.74, 6) is 0.760. The van der Waals surface area contributed by atoms with Gasteiger partial charge in [0.1, 0.15) is 5.60 Å². The van der Waals surface area contributed by atoms with E-state index in [-0.39, 0.29) is 0 Å². The second kappa shape index (κ2) is 11.7. The second-order valence-corrected chi connectivity index (χ2v) is 8.36. The normalized spacial score (nSPS) is 12.6. The maximum atomic E-state index is 12.3. The van der Waals surface area contributed by atoms with Crippen molar-refractivity contribution in [1.82, 2.24) is 25.7 Å². The molecule has 0 saturated heterocycles. The van der Waals surface area contributed by atoms with Crippen molar-refractivity contribution in [1.29, 1.82) is 0 Å². The number of carbonyl (C=O) groups excluding carboxylic acids is 1. The Morgan fingerprint density at radius 3 is 2.41 bits per heavy atom. The Morgan fingerprint density at radius 1 is 1.21 bits per heavy atom. The molecular formula is C21H40N6O2. The number of guanidine groups is 1. The summed E-state index contributed by atoms with van der Waals surface area (Å²) in [6, 6.07) is 0. The van der Waals surface area contributed by atoms with Crippen LogP contribution >= 0.6 is 0 Å². The minimum atomic E-state index is -0.522. The Bertz CT molecular complexity index is 644. The number of aryl methyl sites for hydroxylation is 2. The van der Waals surface area contributed by atoms with Gasteiger partial charge in [0.15, 0.2) is 5.96 Å². The Morgan fingerprint density at radius 2 is 1.90 bits per heavy atom. The fourth-order valence-corrected chi connectivity index (χ4v) is 2.88. The highest BCUT2D eigenvalue weighted by Gasteiger charge is 2.30. The number of aliphatic imine (C=N–C) groups is 1. The van der Waals surface area contributed by atoms with Gasteiger partial charge in [0.05, 0.1) is 18.3 Å². The molecule has 1 aromatic rings. The highest BCUT2D eigenvalue weighted by molar-refractivity contribution is 5.79. The summed E-state index contributed by atoms with van der Waals surface area (Å²) in [4.78, 5) is 17.0. The summed E-state index contributed by atoms with van der Waals surface area (Å²) in [5, 5.41) is 13.9. The minimum Gasteiger partial charge on any atom is -0.444 e. The molecule has 3 N–H and O–H groups in total. The zero-order valence-electron chi connectivity index (χ0n) is 19.3. The number of aromatic nitrogens is 2. The summed E-state index contributed by atoms with van der Waals surface area (Å²) in [6.45, 7) is 13.8. The lowest BCUT2D eigenvalue weighted by Crippen LogP contribution is -2.52. The average Bonchev–Trinajstić information content (AvgIpc) is 3.05. The first-order chi connectivity index (χ1) is 13.6. The summed E-state index contributed by atoms with van der Waals surface area (Å²) >= 11 is 0. The molecule has 0 aliphatic rings. The standard InChI is InChI=1S/C21H40N6O2/c1-8-21(9-2,26-19(28)29-20(4,5)6)16-24-18(22-10-3)23-13-11-12-17-14-25-27(7)15-17/h14-15H,8-13,16H2,1-7H3,(H,26,28)(H2,22,23,24). The molecule has 8 heteroatoms. The number of carbonyl (C=O) groups is 1. The molecule has 0 fully saturated rings. The van der Waals surface area contributed by atoms with E-state index in [0.717, 1.165) is 44.7 Å². The molecule has 0 spiro atoms. The zero-order chi connectivity index (χ0) is 21.9. The van der Waals surface area contributed by atoms with E-state index >= 15 is 0 Å². The van der Waals surface area contributed by atoms with Crippen LogP contribution in [0.4, 0.5) is 4.79 Å². The molecule has 29 heavy (non-hydrogen) atoms. The maximum Gasteiger partial charge on any atom is 0.408 e. The van der Waals surface area contributed by atoms with Gasteiger partial charge in [-0.15, -0.1) is 0 Å². The van der Waals surface area contributed by atoms with Crippen LogP contribution in [0.25, 0.3) is 0 Å². The van der Waals surface area contributed by atoms with Gasteiger partial charge >= 0.3 is 6.09 Å². The van der Waals surface area contributed by atoms with Crippen molar-refractivity contribution in [2.45, 2.75) is 78.4 Å². The number of alkyl carbamates (subject to hydrolysis) is 1. The predicted molar refractivity (Wildman–Crippen MR) is 118 cm³/mol. The molecule has 0 radical (unpaired) electrons. The Labute approximate surface area is 175 Å². The molecule has 0 bridgehead atoms. The van der Waals surface area contributed by atoms with Crippen molar-refractivity contribution in [2.75, 3.05) is 19.6 Å². The molecule has 0 saturated carbocycles. The average molecular weight is 409 g/mol. The van der Waals surface area contributed by atoms with Gasteiger partial charge in [-0.05, 0) is 58.9 Å². The number of nitrogens with one attached hydrogen (secondary N) is 3. The third-order valence-electron chi connectivity index (χ3n) is 4.70. The van der Waals surface area contributed by atoms with Crippen molar-refractivity contribution in [3.05, 3.63) is 18.0 Å². The smallest absolute Gasteiger partial charge is 0.408 e. The van der Waals surface area contributed by atoms with Crippen LogP contribution in [0.5, 0.6) is 0 Å². The van der Waals surface area contributed by atoms with E-state index in [2.05, 4.69) is 34.9 Å². The molecule has 0 aromatic carbocycles. The van der Waals surface area contributed by atoms with E-state index in [0.29, 0.717) is 6.54 Å². The SMILES string of the molecule is CCNC(=NCC(CC)(CC)NC(=O)OC(C)(C)C)NCCCc1cnn(C)c1. The molecule has 166 valence electrons. The van der Waals surface area contributed by atoms with Crippen LogP contribution in [0.2, 0.25) is 0 Å². The maximum absolute atomic E-state index is 12.3. The van der Waals surface area contributed by atoms with Crippen LogP contribution in [0, 0.1) is 0 Å². The van der Waals surface area contributed by atoms with E-state index in [4.69, 9.17) is 9.73 Å². The lowest BCUT2D eigenvalue weighted by atomic mass is 9.93. The van der Waals surface area contributed by atoms with E-state index in [9.17, 15) is 4.79 Å². The molecule has 1 amide bonds. The van der Waals surface area contributed by atoms with Crippen molar-refractivity contribution >= 4 is 12.1 Å². The van der Waals surface area contributed by atoms with Gasteiger partial charge in [0, 0.05) is 26.3 Å². The van der Waals surface area contributed by atoms with Crippen LogP contribution in [0.1, 0.15) is 66.4 Å². The Balaban J connectivity index is 2.64. The summed E-state index contributed by atoms with van der Waals surface area (Å²) < 4.78 is 7.26. The quantitative estimate of drug-likeness (QED) is 0.314. The van der Waals surface area contributed by atoms with Gasteiger partial charge in [-0.3, -0.25) is 9.67 Å². The van der Waals surface area contributed by atoms with Gasteiger partial charge in [-0.2, -0.15) is 5.10 Å². The molecule has 0 aliphatic heterocycles. The van der Waals surface area contributed by atoms with Crippen molar-refractivity contribution < 1.29 is 9.53 Å². The molecule has 1 heterocycles. The van der Waals surface area contributed by atoms with E-state index in [1.165, 1.54) is 5.56 Å². The number of hydrogen-bond acceptors (Lipinski definition) is 4. The van der Waals surface area contributed by atoms with Gasteiger partial charge in [-0.1, -0.05) is 13.8 Å². The first kappa shape index (κ1) is 24.8. The molecule has 0 aliphatic carbocycles. The number of rotatable bonds is 10. The van der Waals surface area contributed by atoms with Gasteiger partial charge in [-0.25, -0.2) is 4.79 Å². The monoisotopic (exact) mass is 408 g/mol. The predicted octanol–water partition coefficient (Wildman–Crippen LogP) is 2.99. The molecular weight excluding hydrogens is 368 g/mol. The van der Waals surface area contributed by atoms with Crippen LogP contribution in [-0.4, -0.2) is 52.6 Å². The molecule has 1 aromatic heterocycles. The largest absolute Gasteiger partial charge is 0.444 e. The van der Waals surface area contributed by atoms with Crippen LogP contribution in [-0.2, 0) is 18.2 Å². The second-order valence-electron chi connectivity index (χ2n) is 8.36. The third kappa shape index (κ3) is 9.67. The number of nitrogens with zero attached hydrogens (tertiary/aromatic N) is 3. The summed E-state index contributed by atoms with van der Waals surface area (Å²) in [5.41, 5.74) is 0.278. The van der Waals surface area contributed by atoms with Crippen molar-refractivity contribution in [3.8, 4) is 0 Å². The van der Waals surface area contributed by atoms with Crippen molar-refractivity contribution in [2.24, 2.45) is 12.0 Å². The van der Waals surface area contributed by atoms with Gasteiger partial charge in [0.2, 0.25) is 0 Å². The first-order valence-corrected chi connectivity index (χ1v) is 10.6. The lowest BCUT2D eigenvalue weighted by Gasteiger charge is -2.32. The van der Waals surface area contributed by atoms with Crippen LogP contribution in [0.3, 0.4) is 0 Å². The van der Waals surface area contributed by atoms with E-state index < -0.39 is 17.2 Å². The van der Waals surface area contributed by atoms with Crippen LogP contribution in [0.15, 0.2) is 17.4 Å². The number of ether oxygens (including phenoxy) is 1. The fourth-order valence-electron chi connectivity index (χ4n) is 2.88. The summed E-state index contributed by atoms with van der Waals surface area (Å²) in [6.07, 6.45) is 7.04. The lowest BCUT2D eigenvalue weighted by molar-refractivity contribution is 0.0452. The third-order valence-corrected chi connectivity index (χ3v) is 4.70. The number of amides is 1. The Hall–Kier alpha value is -2.25. The molecule has 0 unspecified atom stereocenters. The molecule has 1 rings (SSSR count). The molecule has 0 atom stereocenters. The fraction of sp³-hybridized carbons (Fsp3) is 0.762.